The van der Waals surface area contributed by atoms with Crippen LogP contribution in [0.5, 0.6) is 11.5 Å². The zero-order valence-corrected chi connectivity index (χ0v) is 16.2. The van der Waals surface area contributed by atoms with Crippen molar-refractivity contribution in [3.8, 4) is 11.5 Å². The molecule has 4 rings (SSSR count). The van der Waals surface area contributed by atoms with E-state index >= 15 is 0 Å². The third-order valence-electron chi connectivity index (χ3n) is 5.37. The molecule has 0 aromatic heterocycles. The first-order valence-electron chi connectivity index (χ1n) is 9.92. The van der Waals surface area contributed by atoms with E-state index in [9.17, 15) is 4.79 Å². The van der Waals surface area contributed by atoms with Gasteiger partial charge in [-0.25, -0.2) is 0 Å². The van der Waals surface area contributed by atoms with Gasteiger partial charge in [0, 0.05) is 23.5 Å². The molecular formula is C25H24O4. The second-order valence-corrected chi connectivity index (χ2v) is 7.32. The van der Waals surface area contributed by atoms with Crippen molar-refractivity contribution in [2.75, 3.05) is 13.2 Å². The summed E-state index contributed by atoms with van der Waals surface area (Å²) in [5, 5.41) is 9.03. The van der Waals surface area contributed by atoms with E-state index in [1.807, 2.05) is 30.3 Å². The van der Waals surface area contributed by atoms with E-state index in [1.54, 1.807) is 0 Å². The van der Waals surface area contributed by atoms with Gasteiger partial charge in [0.2, 0.25) is 0 Å². The monoisotopic (exact) mass is 388 g/mol. The molecule has 0 bridgehead atoms. The van der Waals surface area contributed by atoms with Gasteiger partial charge in [-0.2, -0.15) is 0 Å². The van der Waals surface area contributed by atoms with Crippen molar-refractivity contribution in [1.82, 2.24) is 0 Å². The van der Waals surface area contributed by atoms with Gasteiger partial charge >= 0.3 is 5.97 Å². The van der Waals surface area contributed by atoms with Crippen LogP contribution in [0.3, 0.4) is 0 Å². The molecule has 1 aliphatic rings. The summed E-state index contributed by atoms with van der Waals surface area (Å²) in [7, 11) is 0. The molecule has 0 amide bonds. The fourth-order valence-electron chi connectivity index (χ4n) is 3.92. The van der Waals surface area contributed by atoms with E-state index in [4.69, 9.17) is 14.6 Å². The highest BCUT2D eigenvalue weighted by Gasteiger charge is 2.26. The number of benzene rings is 3. The quantitative estimate of drug-likeness (QED) is 0.573. The number of carbonyl (C=O) groups is 1. The first-order chi connectivity index (χ1) is 14.2. The van der Waals surface area contributed by atoms with Crippen LogP contribution in [0.25, 0.3) is 0 Å². The number of carboxylic acids is 1. The van der Waals surface area contributed by atoms with E-state index in [1.165, 1.54) is 11.1 Å². The number of ether oxygens (including phenoxy) is 2. The standard InChI is InChI=1S/C25H24O4/c26-25(27)15-20-17-29-24-16-21(11-12-23(20)24)28-14-13-22(18-7-3-1-4-8-18)19-9-5-2-6-10-19/h1-12,16,20,22H,13-15,17H2,(H,26,27). The topological polar surface area (TPSA) is 55.8 Å². The van der Waals surface area contributed by atoms with E-state index < -0.39 is 5.97 Å². The molecular weight excluding hydrogens is 364 g/mol. The van der Waals surface area contributed by atoms with Crippen LogP contribution in [-0.4, -0.2) is 24.3 Å². The molecule has 1 atom stereocenters. The third-order valence-corrected chi connectivity index (χ3v) is 5.37. The van der Waals surface area contributed by atoms with Gasteiger partial charge in [-0.15, -0.1) is 0 Å². The van der Waals surface area contributed by atoms with Gasteiger partial charge in [0.1, 0.15) is 11.5 Å². The number of fused-ring (bicyclic) bond motifs is 1. The lowest BCUT2D eigenvalue weighted by Gasteiger charge is -2.18. The van der Waals surface area contributed by atoms with Crippen molar-refractivity contribution >= 4 is 5.97 Å². The minimum Gasteiger partial charge on any atom is -0.493 e. The third kappa shape index (κ3) is 4.60. The molecule has 0 radical (unpaired) electrons. The van der Waals surface area contributed by atoms with Gasteiger partial charge < -0.3 is 14.6 Å². The van der Waals surface area contributed by atoms with Crippen molar-refractivity contribution < 1.29 is 19.4 Å². The maximum absolute atomic E-state index is 11.0. The van der Waals surface area contributed by atoms with Crippen molar-refractivity contribution in [1.29, 1.82) is 0 Å². The lowest BCUT2D eigenvalue weighted by atomic mass is 9.89. The van der Waals surface area contributed by atoms with E-state index in [2.05, 4.69) is 48.5 Å². The number of aliphatic carboxylic acids is 1. The highest BCUT2D eigenvalue weighted by atomic mass is 16.5. The summed E-state index contributed by atoms with van der Waals surface area (Å²) in [4.78, 5) is 11.0. The Labute approximate surface area is 170 Å². The lowest BCUT2D eigenvalue weighted by Crippen LogP contribution is -2.08. The summed E-state index contributed by atoms with van der Waals surface area (Å²) >= 11 is 0. The molecule has 4 nitrogen and oxygen atoms in total. The van der Waals surface area contributed by atoms with Crippen molar-refractivity contribution in [3.05, 3.63) is 95.6 Å². The van der Waals surface area contributed by atoms with E-state index in [0.717, 1.165) is 23.5 Å². The van der Waals surface area contributed by atoms with Gasteiger partial charge in [-0.1, -0.05) is 66.7 Å². The molecule has 0 saturated heterocycles. The first-order valence-corrected chi connectivity index (χ1v) is 9.92. The summed E-state index contributed by atoms with van der Waals surface area (Å²) in [6.07, 6.45) is 0.941. The van der Waals surface area contributed by atoms with Crippen LogP contribution >= 0.6 is 0 Å². The van der Waals surface area contributed by atoms with E-state index in [-0.39, 0.29) is 18.3 Å². The fraction of sp³-hybridized carbons (Fsp3) is 0.240. The van der Waals surface area contributed by atoms with Crippen LogP contribution in [-0.2, 0) is 4.79 Å². The average Bonchev–Trinajstić information content (AvgIpc) is 3.14. The molecule has 0 aliphatic carbocycles. The molecule has 1 heterocycles. The van der Waals surface area contributed by atoms with Crippen molar-refractivity contribution in [3.63, 3.8) is 0 Å². The number of hydrogen-bond acceptors (Lipinski definition) is 3. The molecule has 4 heteroatoms. The predicted molar refractivity (Wildman–Crippen MR) is 112 cm³/mol. The van der Waals surface area contributed by atoms with Gasteiger partial charge in [-0.3, -0.25) is 4.79 Å². The summed E-state index contributed by atoms with van der Waals surface area (Å²) in [5.74, 6) is 0.857. The zero-order valence-electron chi connectivity index (χ0n) is 16.2. The van der Waals surface area contributed by atoms with Crippen LogP contribution in [0.1, 0.15) is 41.4 Å². The Bertz CT molecular complexity index is 914. The SMILES string of the molecule is O=C(O)CC1COc2cc(OCCC(c3ccccc3)c3ccccc3)ccc21. The summed E-state index contributed by atoms with van der Waals surface area (Å²) in [6.45, 7) is 0.987. The van der Waals surface area contributed by atoms with Crippen molar-refractivity contribution in [2.45, 2.75) is 24.7 Å². The van der Waals surface area contributed by atoms with Gasteiger partial charge in [-0.05, 0) is 23.6 Å². The lowest BCUT2D eigenvalue weighted by molar-refractivity contribution is -0.137. The van der Waals surface area contributed by atoms with Crippen LogP contribution in [0.4, 0.5) is 0 Å². The zero-order chi connectivity index (χ0) is 20.1. The first kappa shape index (κ1) is 19.1. The Morgan fingerprint density at radius 2 is 1.66 bits per heavy atom. The van der Waals surface area contributed by atoms with E-state index in [0.29, 0.717) is 13.2 Å². The van der Waals surface area contributed by atoms with Gasteiger partial charge in [0.05, 0.1) is 19.6 Å². The maximum Gasteiger partial charge on any atom is 0.304 e. The number of carboxylic acid groups (broad SMARTS) is 1. The second-order valence-electron chi connectivity index (χ2n) is 7.32. The molecule has 1 unspecified atom stereocenters. The normalized spacial score (nSPS) is 15.0. The van der Waals surface area contributed by atoms with Crippen LogP contribution in [0, 0.1) is 0 Å². The molecule has 3 aromatic carbocycles. The molecule has 1 aliphatic heterocycles. The maximum atomic E-state index is 11.0. The number of hydrogen-bond donors (Lipinski definition) is 1. The van der Waals surface area contributed by atoms with Crippen LogP contribution in [0.2, 0.25) is 0 Å². The second kappa shape index (κ2) is 8.82. The Morgan fingerprint density at radius 1 is 1.00 bits per heavy atom. The summed E-state index contributed by atoms with van der Waals surface area (Å²) in [6, 6.07) is 26.7. The Morgan fingerprint density at radius 3 is 2.28 bits per heavy atom. The minimum absolute atomic E-state index is 0.0860. The highest BCUT2D eigenvalue weighted by Crippen LogP contribution is 2.38. The largest absolute Gasteiger partial charge is 0.493 e. The summed E-state index contributed by atoms with van der Waals surface area (Å²) < 4.78 is 11.7. The van der Waals surface area contributed by atoms with Gasteiger partial charge in [0.15, 0.2) is 0 Å². The average molecular weight is 388 g/mol. The molecule has 0 fully saturated rings. The Balaban J connectivity index is 1.43. The van der Waals surface area contributed by atoms with Crippen molar-refractivity contribution in [2.24, 2.45) is 0 Å². The van der Waals surface area contributed by atoms with Gasteiger partial charge in [0.25, 0.3) is 0 Å². The predicted octanol–water partition coefficient (Wildman–Crippen LogP) is 5.24. The minimum atomic E-state index is -0.806. The Hall–Kier alpha value is -3.27. The van der Waals surface area contributed by atoms with Crippen LogP contribution in [0.15, 0.2) is 78.9 Å². The molecule has 1 N–H and O–H groups in total. The molecule has 0 saturated carbocycles. The molecule has 148 valence electrons. The summed E-state index contributed by atoms with van der Waals surface area (Å²) in [5.41, 5.74) is 3.50. The highest BCUT2D eigenvalue weighted by molar-refractivity contribution is 5.68. The molecule has 29 heavy (non-hydrogen) atoms. The smallest absolute Gasteiger partial charge is 0.304 e. The fourth-order valence-corrected chi connectivity index (χ4v) is 3.92. The Kier molecular flexibility index (Phi) is 5.80. The number of rotatable bonds is 8. The molecule has 0 spiro atoms. The van der Waals surface area contributed by atoms with Crippen LogP contribution < -0.4 is 9.47 Å². The molecule has 3 aromatic rings.